The van der Waals surface area contributed by atoms with E-state index in [4.69, 9.17) is 21.0 Å². The number of aryl methyl sites for hydroxylation is 2. The van der Waals surface area contributed by atoms with Gasteiger partial charge in [-0.05, 0) is 43.5 Å². The normalized spacial score (nSPS) is 11.3. The van der Waals surface area contributed by atoms with E-state index in [1.165, 1.54) is 16.6 Å². The fourth-order valence-corrected chi connectivity index (χ4v) is 3.25. The molecule has 0 aliphatic carbocycles. The molecule has 0 N–H and O–H groups in total. The van der Waals surface area contributed by atoms with Gasteiger partial charge >= 0.3 is 0 Å². The number of hydrogen-bond donors (Lipinski definition) is 0. The molecule has 3 nitrogen and oxygen atoms in total. The minimum Gasteiger partial charge on any atom is -0.441 e. The molecule has 4 rings (SSSR count). The zero-order valence-corrected chi connectivity index (χ0v) is 14.3. The van der Waals surface area contributed by atoms with Crippen LogP contribution in [-0.2, 0) is 6.54 Å². The van der Waals surface area contributed by atoms with Crippen LogP contribution in [0.25, 0.3) is 22.4 Å². The van der Waals surface area contributed by atoms with Crippen molar-refractivity contribution in [1.82, 2.24) is 9.55 Å². The maximum atomic E-state index is 6.26. The van der Waals surface area contributed by atoms with Gasteiger partial charge in [-0.1, -0.05) is 41.9 Å². The summed E-state index contributed by atoms with van der Waals surface area (Å²) in [5, 5.41) is 1.88. The molecule has 0 radical (unpaired) electrons. The maximum absolute atomic E-state index is 6.26. The molecule has 0 saturated carbocycles. The molecule has 120 valence electrons. The summed E-state index contributed by atoms with van der Waals surface area (Å²) in [6.45, 7) is 4.74. The summed E-state index contributed by atoms with van der Waals surface area (Å²) in [6, 6.07) is 18.2. The molecule has 0 bridgehead atoms. The van der Waals surface area contributed by atoms with E-state index >= 15 is 0 Å². The molecule has 0 spiro atoms. The first-order chi connectivity index (χ1) is 11.6. The molecule has 24 heavy (non-hydrogen) atoms. The third kappa shape index (κ3) is 2.51. The first kappa shape index (κ1) is 15.0. The van der Waals surface area contributed by atoms with Crippen LogP contribution in [0.2, 0.25) is 5.02 Å². The van der Waals surface area contributed by atoms with Gasteiger partial charge in [-0.2, -0.15) is 0 Å². The molecule has 0 unspecified atom stereocenters. The van der Waals surface area contributed by atoms with Gasteiger partial charge in [-0.25, -0.2) is 4.98 Å². The number of nitrogens with zero attached hydrogens (tertiary/aromatic N) is 2. The monoisotopic (exact) mass is 336 g/mol. The van der Waals surface area contributed by atoms with E-state index in [0.29, 0.717) is 17.5 Å². The van der Waals surface area contributed by atoms with Crippen LogP contribution in [-0.4, -0.2) is 9.55 Å². The van der Waals surface area contributed by atoms with Crippen LogP contribution >= 0.6 is 11.6 Å². The topological polar surface area (TPSA) is 31.0 Å². The van der Waals surface area contributed by atoms with Crippen molar-refractivity contribution in [3.8, 4) is 11.5 Å². The van der Waals surface area contributed by atoms with E-state index in [0.717, 1.165) is 17.0 Å². The Labute approximate surface area is 145 Å². The van der Waals surface area contributed by atoms with Gasteiger partial charge in [0.1, 0.15) is 11.5 Å². The Morgan fingerprint density at radius 2 is 1.79 bits per heavy atom. The van der Waals surface area contributed by atoms with Crippen molar-refractivity contribution in [3.63, 3.8) is 0 Å². The second-order valence-electron chi connectivity index (χ2n) is 5.93. The second-order valence-corrected chi connectivity index (χ2v) is 6.34. The predicted molar refractivity (Wildman–Crippen MR) is 97.5 cm³/mol. The predicted octanol–water partition coefficient (Wildman–Crippen LogP) is 5.61. The van der Waals surface area contributed by atoms with Crippen molar-refractivity contribution in [2.45, 2.75) is 20.4 Å². The van der Waals surface area contributed by atoms with Crippen LogP contribution in [0.1, 0.15) is 17.1 Å². The Morgan fingerprint density at radius 3 is 2.62 bits per heavy atom. The molecule has 4 heteroatoms. The number of rotatable bonds is 3. The van der Waals surface area contributed by atoms with Gasteiger partial charge in [-0.15, -0.1) is 0 Å². The highest BCUT2D eigenvalue weighted by molar-refractivity contribution is 6.33. The summed E-state index contributed by atoms with van der Waals surface area (Å²) < 4.78 is 8.13. The lowest BCUT2D eigenvalue weighted by molar-refractivity contribution is 0.538. The van der Waals surface area contributed by atoms with E-state index < -0.39 is 0 Å². The highest BCUT2D eigenvalue weighted by Gasteiger charge is 2.15. The Hall–Kier alpha value is -2.52. The van der Waals surface area contributed by atoms with Crippen molar-refractivity contribution >= 4 is 22.5 Å². The van der Waals surface area contributed by atoms with Gasteiger partial charge in [0, 0.05) is 11.2 Å². The lowest BCUT2D eigenvalue weighted by Gasteiger charge is -2.06. The number of para-hydroxylation sites is 1. The minimum absolute atomic E-state index is 0.571. The summed E-state index contributed by atoms with van der Waals surface area (Å²) in [7, 11) is 0. The van der Waals surface area contributed by atoms with Crippen LogP contribution in [0.5, 0.6) is 0 Å². The highest BCUT2D eigenvalue weighted by atomic mass is 35.5. The average Bonchev–Trinajstić information content (AvgIpc) is 3.09. The molecule has 2 heterocycles. The van der Waals surface area contributed by atoms with Crippen LogP contribution in [0.15, 0.2) is 59.0 Å². The number of halogens is 1. The Bertz CT molecular complexity index is 1030. The van der Waals surface area contributed by atoms with Crippen molar-refractivity contribution in [1.29, 1.82) is 0 Å². The standard InChI is InChI=1S/C20H17ClN2O/c1-13-11-15-7-3-6-10-19(15)23(13)12-18-14(2)24-20(22-18)16-8-4-5-9-17(16)21/h3-11H,12H2,1-2H3. The van der Waals surface area contributed by atoms with E-state index in [1.807, 2.05) is 31.2 Å². The molecule has 2 aromatic carbocycles. The molecule has 0 saturated heterocycles. The van der Waals surface area contributed by atoms with Crippen molar-refractivity contribution in [2.24, 2.45) is 0 Å². The molecule has 0 fully saturated rings. The zero-order valence-electron chi connectivity index (χ0n) is 13.6. The summed E-state index contributed by atoms with van der Waals surface area (Å²) in [5.74, 6) is 1.39. The summed E-state index contributed by atoms with van der Waals surface area (Å²) in [5.41, 5.74) is 4.16. The van der Waals surface area contributed by atoms with Crippen LogP contribution in [0.4, 0.5) is 0 Å². The number of aromatic nitrogens is 2. The fourth-order valence-electron chi connectivity index (χ4n) is 3.03. The Kier molecular flexibility index (Phi) is 3.66. The van der Waals surface area contributed by atoms with Crippen LogP contribution < -0.4 is 0 Å². The van der Waals surface area contributed by atoms with Crippen molar-refractivity contribution in [2.75, 3.05) is 0 Å². The van der Waals surface area contributed by atoms with Gasteiger partial charge in [0.05, 0.1) is 17.1 Å². The van der Waals surface area contributed by atoms with Crippen LogP contribution in [0.3, 0.4) is 0 Å². The van der Waals surface area contributed by atoms with Gasteiger partial charge < -0.3 is 8.98 Å². The number of hydrogen-bond acceptors (Lipinski definition) is 2. The minimum atomic E-state index is 0.571. The highest BCUT2D eigenvalue weighted by Crippen LogP contribution is 2.29. The third-order valence-electron chi connectivity index (χ3n) is 4.32. The van der Waals surface area contributed by atoms with Gasteiger partial charge in [-0.3, -0.25) is 0 Å². The van der Waals surface area contributed by atoms with Crippen molar-refractivity contribution in [3.05, 3.63) is 76.8 Å². The zero-order chi connectivity index (χ0) is 16.7. The third-order valence-corrected chi connectivity index (χ3v) is 4.65. The number of fused-ring (bicyclic) bond motifs is 1. The molecule has 0 aliphatic heterocycles. The average molecular weight is 337 g/mol. The molecule has 2 aromatic heterocycles. The van der Waals surface area contributed by atoms with Crippen LogP contribution in [0, 0.1) is 13.8 Å². The smallest absolute Gasteiger partial charge is 0.228 e. The van der Waals surface area contributed by atoms with Gasteiger partial charge in [0.15, 0.2) is 0 Å². The largest absolute Gasteiger partial charge is 0.441 e. The fraction of sp³-hybridized carbons (Fsp3) is 0.150. The van der Waals surface area contributed by atoms with E-state index in [9.17, 15) is 0 Å². The first-order valence-electron chi connectivity index (χ1n) is 7.89. The summed E-state index contributed by atoms with van der Waals surface area (Å²) in [6.07, 6.45) is 0. The van der Waals surface area contributed by atoms with E-state index in [-0.39, 0.29) is 0 Å². The lowest BCUT2D eigenvalue weighted by atomic mass is 10.2. The Morgan fingerprint density at radius 1 is 1.04 bits per heavy atom. The number of oxazole rings is 1. The molecule has 0 amide bonds. The quantitative estimate of drug-likeness (QED) is 0.486. The molecule has 0 atom stereocenters. The second kappa shape index (κ2) is 5.84. The Balaban J connectivity index is 1.76. The molecule has 0 aliphatic rings. The molecular weight excluding hydrogens is 320 g/mol. The van der Waals surface area contributed by atoms with Gasteiger partial charge in [0.2, 0.25) is 5.89 Å². The number of benzene rings is 2. The van der Waals surface area contributed by atoms with Crippen molar-refractivity contribution < 1.29 is 4.42 Å². The summed E-state index contributed by atoms with van der Waals surface area (Å²) in [4.78, 5) is 4.69. The van der Waals surface area contributed by atoms with E-state index in [2.05, 4.69) is 41.8 Å². The van der Waals surface area contributed by atoms with E-state index in [1.54, 1.807) is 0 Å². The SMILES string of the molecule is Cc1oc(-c2ccccc2Cl)nc1Cn1c(C)cc2ccccc21. The lowest BCUT2D eigenvalue weighted by Crippen LogP contribution is -2.03. The molecular formula is C20H17ClN2O. The molecule has 4 aromatic rings. The summed E-state index contributed by atoms with van der Waals surface area (Å²) >= 11 is 6.26. The van der Waals surface area contributed by atoms with Gasteiger partial charge in [0.25, 0.3) is 0 Å². The maximum Gasteiger partial charge on any atom is 0.228 e. The first-order valence-corrected chi connectivity index (χ1v) is 8.27.